The number of nitrogens with one attached hydrogen (secondary N) is 1. The Bertz CT molecular complexity index is 1050. The van der Waals surface area contributed by atoms with E-state index in [-0.39, 0.29) is 11.8 Å². The summed E-state index contributed by atoms with van der Waals surface area (Å²) in [5, 5.41) is 3.02. The van der Waals surface area contributed by atoms with Gasteiger partial charge in [0.05, 0.1) is 0 Å². The Morgan fingerprint density at radius 3 is 2.33 bits per heavy atom. The molecule has 0 aromatic heterocycles. The Morgan fingerprint density at radius 1 is 0.900 bits per heavy atom. The largest absolute Gasteiger partial charge is 0.354 e. The first-order valence-electron chi connectivity index (χ1n) is 10.5. The van der Waals surface area contributed by atoms with Crippen LogP contribution in [0.2, 0.25) is 0 Å². The van der Waals surface area contributed by atoms with Crippen LogP contribution in [-0.4, -0.2) is 23.3 Å². The maximum absolute atomic E-state index is 13.2. The zero-order valence-electron chi connectivity index (χ0n) is 17.2. The van der Waals surface area contributed by atoms with Crippen molar-refractivity contribution in [1.29, 1.82) is 0 Å². The molecule has 30 heavy (non-hydrogen) atoms. The standard InChI is InChI=1S/C26H26N2O2/c1-2-3-17-27-25(29)24-22-15-9-10-16-23(22)26(30)28(24)18-20-13-7-8-14-21(20)19-11-5-4-6-12-19/h4-16,24H,2-3,17-18H2,1H3,(H,27,29). The highest BCUT2D eigenvalue weighted by atomic mass is 16.2. The van der Waals surface area contributed by atoms with Crippen molar-refractivity contribution in [2.75, 3.05) is 6.54 Å². The van der Waals surface area contributed by atoms with Crippen LogP contribution in [-0.2, 0) is 11.3 Å². The fraction of sp³-hybridized carbons (Fsp3) is 0.231. The van der Waals surface area contributed by atoms with Crippen molar-refractivity contribution < 1.29 is 9.59 Å². The molecule has 0 saturated carbocycles. The van der Waals surface area contributed by atoms with Gasteiger partial charge in [0.15, 0.2) is 0 Å². The van der Waals surface area contributed by atoms with Crippen LogP contribution in [0.1, 0.15) is 47.3 Å². The number of benzene rings is 3. The van der Waals surface area contributed by atoms with E-state index in [1.807, 2.05) is 60.7 Å². The molecule has 1 atom stereocenters. The monoisotopic (exact) mass is 398 g/mol. The molecule has 1 heterocycles. The Balaban J connectivity index is 1.68. The normalized spacial score (nSPS) is 15.2. The molecule has 152 valence electrons. The van der Waals surface area contributed by atoms with Crippen LogP contribution in [0.25, 0.3) is 11.1 Å². The van der Waals surface area contributed by atoms with Crippen molar-refractivity contribution in [2.24, 2.45) is 0 Å². The number of hydrogen-bond acceptors (Lipinski definition) is 2. The van der Waals surface area contributed by atoms with Crippen LogP contribution in [0.5, 0.6) is 0 Å². The molecule has 0 fully saturated rings. The first kappa shape index (κ1) is 19.9. The molecule has 4 heteroatoms. The van der Waals surface area contributed by atoms with E-state index in [9.17, 15) is 9.59 Å². The van der Waals surface area contributed by atoms with E-state index >= 15 is 0 Å². The second-order valence-electron chi connectivity index (χ2n) is 7.59. The number of amides is 2. The van der Waals surface area contributed by atoms with Crippen molar-refractivity contribution in [1.82, 2.24) is 10.2 Å². The van der Waals surface area contributed by atoms with Gasteiger partial charge in [-0.15, -0.1) is 0 Å². The van der Waals surface area contributed by atoms with Gasteiger partial charge in [-0.25, -0.2) is 0 Å². The van der Waals surface area contributed by atoms with Crippen molar-refractivity contribution >= 4 is 11.8 Å². The maximum atomic E-state index is 13.2. The van der Waals surface area contributed by atoms with E-state index in [0.717, 1.165) is 35.1 Å². The number of carbonyl (C=O) groups excluding carboxylic acids is 2. The highest BCUT2D eigenvalue weighted by molar-refractivity contribution is 6.04. The van der Waals surface area contributed by atoms with Gasteiger partial charge in [0, 0.05) is 18.7 Å². The molecule has 4 nitrogen and oxygen atoms in total. The molecule has 3 aromatic carbocycles. The van der Waals surface area contributed by atoms with Crippen molar-refractivity contribution in [3.05, 3.63) is 95.6 Å². The Hall–Kier alpha value is -3.40. The molecule has 0 spiro atoms. The molecular formula is C26H26N2O2. The van der Waals surface area contributed by atoms with Gasteiger partial charge in [0.2, 0.25) is 5.91 Å². The van der Waals surface area contributed by atoms with Gasteiger partial charge >= 0.3 is 0 Å². The predicted molar refractivity (Wildman–Crippen MR) is 119 cm³/mol. The Kier molecular flexibility index (Phi) is 5.94. The van der Waals surface area contributed by atoms with Crippen molar-refractivity contribution in [3.63, 3.8) is 0 Å². The van der Waals surface area contributed by atoms with E-state index < -0.39 is 6.04 Å². The highest BCUT2D eigenvalue weighted by Gasteiger charge is 2.40. The maximum Gasteiger partial charge on any atom is 0.255 e. The van der Waals surface area contributed by atoms with Gasteiger partial charge in [0.25, 0.3) is 5.91 Å². The average molecular weight is 399 g/mol. The van der Waals surface area contributed by atoms with Crippen LogP contribution in [0.15, 0.2) is 78.9 Å². The molecule has 1 aliphatic rings. The molecule has 0 saturated heterocycles. The van der Waals surface area contributed by atoms with Crippen molar-refractivity contribution in [3.8, 4) is 11.1 Å². The summed E-state index contributed by atoms with van der Waals surface area (Å²) < 4.78 is 0. The first-order chi connectivity index (χ1) is 14.7. The summed E-state index contributed by atoms with van der Waals surface area (Å²) in [6.07, 6.45) is 1.93. The SMILES string of the molecule is CCCCNC(=O)C1c2ccccc2C(=O)N1Cc1ccccc1-c1ccccc1. The second-order valence-corrected chi connectivity index (χ2v) is 7.59. The number of hydrogen-bond donors (Lipinski definition) is 1. The first-order valence-corrected chi connectivity index (χ1v) is 10.5. The topological polar surface area (TPSA) is 49.4 Å². The van der Waals surface area contributed by atoms with Crippen LogP contribution in [0, 0.1) is 0 Å². The quantitative estimate of drug-likeness (QED) is 0.572. The van der Waals surface area contributed by atoms with Gasteiger partial charge in [-0.05, 0) is 34.7 Å². The van der Waals surface area contributed by atoms with Gasteiger partial charge < -0.3 is 10.2 Å². The van der Waals surface area contributed by atoms with Crippen molar-refractivity contribution in [2.45, 2.75) is 32.4 Å². The van der Waals surface area contributed by atoms with E-state index in [2.05, 4.69) is 30.4 Å². The molecule has 0 bridgehead atoms. The van der Waals surface area contributed by atoms with Gasteiger partial charge in [-0.1, -0.05) is 86.1 Å². The third-order valence-corrected chi connectivity index (χ3v) is 5.58. The Labute approximate surface area is 177 Å². The summed E-state index contributed by atoms with van der Waals surface area (Å²) in [5.41, 5.74) is 4.60. The van der Waals surface area contributed by atoms with Gasteiger partial charge in [-0.2, -0.15) is 0 Å². The van der Waals surface area contributed by atoms with E-state index in [4.69, 9.17) is 0 Å². The summed E-state index contributed by atoms with van der Waals surface area (Å²) in [6, 6.07) is 25.0. The average Bonchev–Trinajstić information content (AvgIpc) is 3.07. The molecule has 1 N–H and O–H groups in total. The third-order valence-electron chi connectivity index (χ3n) is 5.58. The molecular weight excluding hydrogens is 372 g/mol. The summed E-state index contributed by atoms with van der Waals surface area (Å²) in [5.74, 6) is -0.206. The van der Waals surface area contributed by atoms with Gasteiger partial charge in [-0.3, -0.25) is 9.59 Å². The molecule has 1 aliphatic heterocycles. The molecule has 4 rings (SSSR count). The van der Waals surface area contributed by atoms with Crippen LogP contribution in [0.4, 0.5) is 0 Å². The summed E-state index contributed by atoms with van der Waals surface area (Å²) in [6.45, 7) is 3.09. The minimum absolute atomic E-state index is 0.0934. The molecule has 2 amide bonds. The zero-order chi connectivity index (χ0) is 20.9. The zero-order valence-corrected chi connectivity index (χ0v) is 17.2. The minimum atomic E-state index is -0.602. The molecule has 3 aromatic rings. The Morgan fingerprint density at radius 2 is 1.57 bits per heavy atom. The molecule has 0 radical (unpaired) electrons. The lowest BCUT2D eigenvalue weighted by Crippen LogP contribution is -2.39. The number of fused-ring (bicyclic) bond motifs is 1. The van der Waals surface area contributed by atoms with E-state index in [1.165, 1.54) is 0 Å². The highest BCUT2D eigenvalue weighted by Crippen LogP contribution is 2.36. The lowest BCUT2D eigenvalue weighted by molar-refractivity contribution is -0.125. The summed E-state index contributed by atoms with van der Waals surface area (Å²) in [4.78, 5) is 28.0. The van der Waals surface area contributed by atoms with Gasteiger partial charge in [0.1, 0.15) is 6.04 Å². The fourth-order valence-electron chi connectivity index (χ4n) is 4.04. The number of nitrogens with zero attached hydrogens (tertiary/aromatic N) is 1. The number of rotatable bonds is 7. The number of unbranched alkanes of at least 4 members (excludes halogenated alkanes) is 1. The van der Waals surface area contributed by atoms with Crippen LogP contribution < -0.4 is 5.32 Å². The number of carbonyl (C=O) groups is 2. The molecule has 0 aliphatic carbocycles. The second kappa shape index (κ2) is 8.95. The lowest BCUT2D eigenvalue weighted by Gasteiger charge is -2.26. The predicted octanol–water partition coefficient (Wildman–Crippen LogP) is 4.97. The van der Waals surface area contributed by atoms with E-state index in [1.54, 1.807) is 4.90 Å². The fourth-order valence-corrected chi connectivity index (χ4v) is 4.04. The third kappa shape index (κ3) is 3.86. The van der Waals surface area contributed by atoms with Crippen LogP contribution >= 0.6 is 0 Å². The smallest absolute Gasteiger partial charge is 0.255 e. The lowest BCUT2D eigenvalue weighted by atomic mass is 9.99. The van der Waals surface area contributed by atoms with E-state index in [0.29, 0.717) is 18.7 Å². The minimum Gasteiger partial charge on any atom is -0.354 e. The summed E-state index contributed by atoms with van der Waals surface area (Å²) in [7, 11) is 0. The molecule has 1 unspecified atom stereocenters. The summed E-state index contributed by atoms with van der Waals surface area (Å²) >= 11 is 0. The van der Waals surface area contributed by atoms with Crippen LogP contribution in [0.3, 0.4) is 0 Å².